The number of nitrogens with one attached hydrogen (secondary N) is 1. The van der Waals surface area contributed by atoms with Gasteiger partial charge in [0.25, 0.3) is 0 Å². The number of hydrogen-bond donors (Lipinski definition) is 3. The smallest absolute Gasteiger partial charge is 0.305 e. The van der Waals surface area contributed by atoms with Gasteiger partial charge in [-0.3, -0.25) is 9.59 Å². The first-order valence-electron chi connectivity index (χ1n) is 28.9. The van der Waals surface area contributed by atoms with Crippen molar-refractivity contribution in [2.24, 2.45) is 0 Å². The van der Waals surface area contributed by atoms with Crippen LogP contribution in [0.3, 0.4) is 0 Å². The lowest BCUT2D eigenvalue weighted by Crippen LogP contribution is -2.45. The first kappa shape index (κ1) is 62.6. The summed E-state index contributed by atoms with van der Waals surface area (Å²) in [5.74, 6) is -0.0536. The van der Waals surface area contributed by atoms with Gasteiger partial charge < -0.3 is 20.3 Å². The first-order chi connectivity index (χ1) is 31.5. The van der Waals surface area contributed by atoms with Crippen molar-refractivity contribution in [2.75, 3.05) is 13.2 Å². The molecule has 0 saturated heterocycles. The predicted octanol–water partition coefficient (Wildman–Crippen LogP) is 17.7. The van der Waals surface area contributed by atoms with Gasteiger partial charge >= 0.3 is 5.97 Å². The Hall–Kier alpha value is -1.40. The average Bonchev–Trinajstić information content (AvgIpc) is 3.29. The lowest BCUT2D eigenvalue weighted by atomic mass is 10.0. The molecule has 3 N–H and O–H groups in total. The van der Waals surface area contributed by atoms with E-state index < -0.39 is 12.1 Å². The number of amides is 1. The van der Waals surface area contributed by atoms with Crippen LogP contribution in [0.15, 0.2) is 12.2 Å². The average molecular weight is 905 g/mol. The molecule has 0 aromatic heterocycles. The summed E-state index contributed by atoms with van der Waals surface area (Å²) in [5, 5.41) is 23.2. The van der Waals surface area contributed by atoms with Gasteiger partial charge in [0, 0.05) is 12.8 Å². The molecule has 0 radical (unpaired) electrons. The predicted molar refractivity (Wildman–Crippen MR) is 278 cm³/mol. The van der Waals surface area contributed by atoms with Crippen LogP contribution in [0.25, 0.3) is 0 Å². The second kappa shape index (κ2) is 54.2. The van der Waals surface area contributed by atoms with Crippen LogP contribution in [0.4, 0.5) is 0 Å². The molecule has 0 saturated carbocycles. The van der Waals surface area contributed by atoms with E-state index in [1.165, 1.54) is 218 Å². The van der Waals surface area contributed by atoms with Crippen LogP contribution in [0.2, 0.25) is 0 Å². The largest absolute Gasteiger partial charge is 0.466 e. The lowest BCUT2D eigenvalue weighted by molar-refractivity contribution is -0.143. The van der Waals surface area contributed by atoms with Crippen molar-refractivity contribution < 1.29 is 24.5 Å². The molecule has 0 aliphatic carbocycles. The van der Waals surface area contributed by atoms with E-state index in [0.29, 0.717) is 25.9 Å². The molecule has 64 heavy (non-hydrogen) atoms. The normalized spacial score (nSPS) is 12.6. The van der Waals surface area contributed by atoms with Crippen LogP contribution in [0, 0.1) is 0 Å². The summed E-state index contributed by atoms with van der Waals surface area (Å²) < 4.78 is 5.48. The molecule has 0 aromatic carbocycles. The van der Waals surface area contributed by atoms with Crippen LogP contribution in [-0.2, 0) is 14.3 Å². The van der Waals surface area contributed by atoms with E-state index in [2.05, 4.69) is 31.3 Å². The Labute approximate surface area is 399 Å². The molecular formula is C58H113NO5. The molecule has 0 rings (SSSR count). The van der Waals surface area contributed by atoms with Gasteiger partial charge in [-0.2, -0.15) is 0 Å². The molecule has 1 amide bonds. The molecule has 2 atom stereocenters. The van der Waals surface area contributed by atoms with Gasteiger partial charge in [-0.25, -0.2) is 0 Å². The van der Waals surface area contributed by atoms with Gasteiger partial charge in [0.15, 0.2) is 0 Å². The highest BCUT2D eigenvalue weighted by molar-refractivity contribution is 5.76. The van der Waals surface area contributed by atoms with Crippen molar-refractivity contribution in [3.63, 3.8) is 0 Å². The summed E-state index contributed by atoms with van der Waals surface area (Å²) >= 11 is 0. The molecule has 0 spiro atoms. The quantitative estimate of drug-likeness (QED) is 0.0321. The number of carbonyl (C=O) groups excluding carboxylic acids is 2. The van der Waals surface area contributed by atoms with Crippen LogP contribution in [0.5, 0.6) is 0 Å². The number of rotatable bonds is 54. The minimum atomic E-state index is -0.673. The maximum atomic E-state index is 12.5. The van der Waals surface area contributed by atoms with Crippen LogP contribution < -0.4 is 5.32 Å². The highest BCUT2D eigenvalue weighted by Crippen LogP contribution is 2.17. The summed E-state index contributed by atoms with van der Waals surface area (Å²) in [5.41, 5.74) is 0. The summed E-state index contributed by atoms with van der Waals surface area (Å²) in [6.07, 6.45) is 63.4. The Bertz CT molecular complexity index is 955. The molecule has 0 bridgehead atoms. The van der Waals surface area contributed by atoms with Crippen molar-refractivity contribution in [2.45, 2.75) is 334 Å². The fraction of sp³-hybridized carbons (Fsp3) is 0.931. The van der Waals surface area contributed by atoms with Gasteiger partial charge in [-0.05, 0) is 51.4 Å². The SMILES string of the molecule is CCCCCCCCCCCCCCCCCCCCC(=O)OCCCCCC/C=C\CCCCCCCCCC(=O)NC(CO)C(O)CCCCCCCCCCCCCCCC. The number of carbonyl (C=O) groups is 2. The zero-order valence-electron chi connectivity index (χ0n) is 43.3. The molecule has 380 valence electrons. The van der Waals surface area contributed by atoms with E-state index in [4.69, 9.17) is 4.74 Å². The number of allylic oxidation sites excluding steroid dienone is 2. The van der Waals surface area contributed by atoms with Gasteiger partial charge in [-0.1, -0.05) is 270 Å². The number of ether oxygens (including phenoxy) is 1. The van der Waals surface area contributed by atoms with Crippen molar-refractivity contribution in [3.05, 3.63) is 12.2 Å². The summed E-state index contributed by atoms with van der Waals surface area (Å²) in [4.78, 5) is 24.5. The monoisotopic (exact) mass is 904 g/mol. The maximum Gasteiger partial charge on any atom is 0.305 e. The molecule has 2 unspecified atom stereocenters. The van der Waals surface area contributed by atoms with E-state index in [-0.39, 0.29) is 18.5 Å². The molecule has 0 fully saturated rings. The zero-order valence-corrected chi connectivity index (χ0v) is 43.3. The summed E-state index contributed by atoms with van der Waals surface area (Å²) in [7, 11) is 0. The van der Waals surface area contributed by atoms with E-state index in [1.54, 1.807) is 0 Å². The minimum Gasteiger partial charge on any atom is -0.466 e. The highest BCUT2D eigenvalue weighted by atomic mass is 16.5. The second-order valence-electron chi connectivity index (χ2n) is 20.0. The number of hydrogen-bond acceptors (Lipinski definition) is 5. The van der Waals surface area contributed by atoms with E-state index in [9.17, 15) is 19.8 Å². The van der Waals surface area contributed by atoms with Crippen molar-refractivity contribution >= 4 is 11.9 Å². The Morgan fingerprint density at radius 3 is 1.11 bits per heavy atom. The third-order valence-electron chi connectivity index (χ3n) is 13.6. The first-order valence-corrected chi connectivity index (χ1v) is 28.9. The number of aliphatic hydroxyl groups excluding tert-OH is 2. The molecule has 0 aliphatic rings. The van der Waals surface area contributed by atoms with Crippen LogP contribution >= 0.6 is 0 Å². The molecular weight excluding hydrogens is 791 g/mol. The van der Waals surface area contributed by atoms with Crippen molar-refractivity contribution in [1.29, 1.82) is 0 Å². The standard InChI is InChI=1S/C58H113NO5/c1-3-5-7-9-11-13-15-17-19-20-21-24-28-32-36-40-44-48-52-58(63)64-53-49-45-41-37-33-29-25-22-23-27-31-35-39-43-47-51-57(62)59-55(54-60)56(61)50-46-42-38-34-30-26-18-16-14-12-10-8-6-4-2/h25,29,55-56,60-61H,3-24,26-28,30-54H2,1-2H3,(H,59,62)/b29-25-. The summed E-state index contributed by atoms with van der Waals surface area (Å²) in [6.45, 7) is 4.94. The summed E-state index contributed by atoms with van der Waals surface area (Å²) in [6, 6.07) is -0.551. The highest BCUT2D eigenvalue weighted by Gasteiger charge is 2.20. The lowest BCUT2D eigenvalue weighted by Gasteiger charge is -2.22. The zero-order chi connectivity index (χ0) is 46.5. The topological polar surface area (TPSA) is 95.9 Å². The number of unbranched alkanes of at least 4 members (excludes halogenated alkanes) is 41. The van der Waals surface area contributed by atoms with Crippen molar-refractivity contribution in [3.8, 4) is 0 Å². The molecule has 6 nitrogen and oxygen atoms in total. The van der Waals surface area contributed by atoms with Gasteiger partial charge in [-0.15, -0.1) is 0 Å². The Morgan fingerprint density at radius 1 is 0.422 bits per heavy atom. The number of esters is 1. The van der Waals surface area contributed by atoms with E-state index >= 15 is 0 Å². The van der Waals surface area contributed by atoms with E-state index in [1.807, 2.05) is 0 Å². The molecule has 6 heteroatoms. The maximum absolute atomic E-state index is 12.5. The third kappa shape index (κ3) is 50.0. The Morgan fingerprint density at radius 2 is 0.734 bits per heavy atom. The third-order valence-corrected chi connectivity index (χ3v) is 13.6. The molecule has 0 aromatic rings. The van der Waals surface area contributed by atoms with Gasteiger partial charge in [0.1, 0.15) is 0 Å². The van der Waals surface area contributed by atoms with Crippen LogP contribution in [0.1, 0.15) is 322 Å². The minimum absolute atomic E-state index is 0.00514. The molecule has 0 heterocycles. The fourth-order valence-corrected chi connectivity index (χ4v) is 9.11. The van der Waals surface area contributed by atoms with Gasteiger partial charge in [0.05, 0.1) is 25.4 Å². The van der Waals surface area contributed by atoms with E-state index in [0.717, 1.165) is 70.6 Å². The number of aliphatic hydroxyl groups is 2. The second-order valence-corrected chi connectivity index (χ2v) is 20.0. The van der Waals surface area contributed by atoms with Gasteiger partial charge in [0.2, 0.25) is 5.91 Å². The fourth-order valence-electron chi connectivity index (χ4n) is 9.11. The van der Waals surface area contributed by atoms with Crippen molar-refractivity contribution in [1.82, 2.24) is 5.32 Å². The Balaban J connectivity index is 3.43. The van der Waals surface area contributed by atoms with Crippen LogP contribution in [-0.4, -0.2) is 47.4 Å². The Kier molecular flexibility index (Phi) is 53.0. The molecule has 0 aliphatic heterocycles.